The van der Waals surface area contributed by atoms with Gasteiger partial charge in [0, 0.05) is 11.6 Å². The summed E-state index contributed by atoms with van der Waals surface area (Å²) >= 11 is 6.16. The van der Waals surface area contributed by atoms with Crippen LogP contribution < -0.4 is 10.1 Å². The van der Waals surface area contributed by atoms with E-state index in [-0.39, 0.29) is 11.3 Å². The molecular formula is C23H30ClNO2. The van der Waals surface area contributed by atoms with Gasteiger partial charge < -0.3 is 10.1 Å². The van der Waals surface area contributed by atoms with Gasteiger partial charge in [0.2, 0.25) is 0 Å². The molecule has 3 nitrogen and oxygen atoms in total. The van der Waals surface area contributed by atoms with Gasteiger partial charge in [-0.2, -0.15) is 0 Å². The van der Waals surface area contributed by atoms with E-state index in [1.54, 1.807) is 0 Å². The zero-order chi connectivity index (χ0) is 19.9. The van der Waals surface area contributed by atoms with Crippen molar-refractivity contribution in [2.24, 2.45) is 0 Å². The van der Waals surface area contributed by atoms with Crippen molar-refractivity contribution in [2.45, 2.75) is 58.5 Å². The van der Waals surface area contributed by atoms with E-state index in [1.165, 1.54) is 5.56 Å². The molecule has 0 bridgehead atoms. The molecule has 146 valence electrons. The van der Waals surface area contributed by atoms with Crippen molar-refractivity contribution in [3.8, 4) is 5.75 Å². The highest BCUT2D eigenvalue weighted by atomic mass is 35.5. The van der Waals surface area contributed by atoms with Crippen LogP contribution >= 0.6 is 11.6 Å². The van der Waals surface area contributed by atoms with E-state index < -0.39 is 6.10 Å². The Kier molecular flexibility index (Phi) is 7.73. The molecule has 0 fully saturated rings. The molecule has 0 heterocycles. The minimum Gasteiger partial charge on any atom is -0.481 e. The fourth-order valence-electron chi connectivity index (χ4n) is 2.83. The number of aryl methyl sites for hydroxylation is 1. The molecule has 0 unspecified atom stereocenters. The number of carbonyl (C=O) groups excluding carboxylic acids is 1. The second kappa shape index (κ2) is 9.80. The van der Waals surface area contributed by atoms with Crippen molar-refractivity contribution in [1.82, 2.24) is 5.32 Å². The van der Waals surface area contributed by atoms with E-state index in [4.69, 9.17) is 16.3 Å². The Labute approximate surface area is 168 Å². The quantitative estimate of drug-likeness (QED) is 0.603. The number of rotatable bonds is 8. The highest BCUT2D eigenvalue weighted by Crippen LogP contribution is 2.25. The third-order valence-electron chi connectivity index (χ3n) is 4.54. The zero-order valence-electron chi connectivity index (χ0n) is 16.7. The largest absolute Gasteiger partial charge is 0.481 e. The first-order valence-electron chi connectivity index (χ1n) is 9.59. The van der Waals surface area contributed by atoms with E-state index in [0.29, 0.717) is 13.0 Å². The normalized spacial score (nSPS) is 12.5. The van der Waals surface area contributed by atoms with E-state index in [2.05, 4.69) is 38.2 Å². The number of carbonyl (C=O) groups is 1. The predicted molar refractivity (Wildman–Crippen MR) is 113 cm³/mol. The van der Waals surface area contributed by atoms with Crippen molar-refractivity contribution in [2.75, 3.05) is 6.54 Å². The topological polar surface area (TPSA) is 38.3 Å². The van der Waals surface area contributed by atoms with Crippen LogP contribution in [0.3, 0.4) is 0 Å². The first-order chi connectivity index (χ1) is 12.8. The minimum atomic E-state index is -0.481. The van der Waals surface area contributed by atoms with Crippen molar-refractivity contribution in [3.05, 3.63) is 64.7 Å². The highest BCUT2D eigenvalue weighted by Gasteiger charge is 2.19. The van der Waals surface area contributed by atoms with Gasteiger partial charge >= 0.3 is 0 Å². The lowest BCUT2D eigenvalue weighted by atomic mass is 9.87. The Balaban J connectivity index is 1.82. The average molecular weight is 388 g/mol. The van der Waals surface area contributed by atoms with Crippen molar-refractivity contribution in [1.29, 1.82) is 0 Å². The summed E-state index contributed by atoms with van der Waals surface area (Å²) in [6.45, 7) is 9.08. The summed E-state index contributed by atoms with van der Waals surface area (Å²) in [5.41, 5.74) is 2.45. The van der Waals surface area contributed by atoms with Crippen molar-refractivity contribution in [3.63, 3.8) is 0 Å². The molecule has 4 heteroatoms. The Bertz CT molecular complexity index is 735. The molecular weight excluding hydrogens is 358 g/mol. The predicted octanol–water partition coefficient (Wildman–Crippen LogP) is 5.54. The lowest BCUT2D eigenvalue weighted by Crippen LogP contribution is -2.38. The molecule has 0 aliphatic rings. The zero-order valence-corrected chi connectivity index (χ0v) is 17.5. The van der Waals surface area contributed by atoms with Gasteiger partial charge in [-0.1, -0.05) is 69.6 Å². The molecule has 0 spiro atoms. The maximum absolute atomic E-state index is 12.4. The Morgan fingerprint density at radius 1 is 1.11 bits per heavy atom. The Hall–Kier alpha value is -2.00. The summed E-state index contributed by atoms with van der Waals surface area (Å²) in [4.78, 5) is 12.4. The van der Waals surface area contributed by atoms with Crippen LogP contribution in [-0.4, -0.2) is 18.6 Å². The molecule has 1 amide bonds. The lowest BCUT2D eigenvalue weighted by Gasteiger charge is -2.21. The maximum atomic E-state index is 12.4. The van der Waals surface area contributed by atoms with E-state index in [9.17, 15) is 4.79 Å². The van der Waals surface area contributed by atoms with Crippen LogP contribution in [0.5, 0.6) is 5.75 Å². The molecule has 1 atom stereocenters. The number of amides is 1. The first-order valence-corrected chi connectivity index (χ1v) is 9.97. The molecule has 0 radical (unpaired) electrons. The number of halogens is 1. The van der Waals surface area contributed by atoms with Gasteiger partial charge in [0.15, 0.2) is 6.10 Å². The summed E-state index contributed by atoms with van der Waals surface area (Å²) in [5, 5.41) is 3.75. The Morgan fingerprint density at radius 2 is 1.78 bits per heavy atom. The smallest absolute Gasteiger partial charge is 0.261 e. The fraction of sp³-hybridized carbons (Fsp3) is 0.435. The van der Waals surface area contributed by atoms with Gasteiger partial charge in [-0.25, -0.2) is 0 Å². The molecule has 2 rings (SSSR count). The number of benzene rings is 2. The van der Waals surface area contributed by atoms with Crippen LogP contribution in [0.2, 0.25) is 5.02 Å². The summed E-state index contributed by atoms with van der Waals surface area (Å²) in [7, 11) is 0. The molecule has 2 aromatic carbocycles. The van der Waals surface area contributed by atoms with Crippen molar-refractivity contribution < 1.29 is 9.53 Å². The van der Waals surface area contributed by atoms with E-state index in [0.717, 1.165) is 29.2 Å². The van der Waals surface area contributed by atoms with E-state index >= 15 is 0 Å². The molecule has 1 N–H and O–H groups in total. The van der Waals surface area contributed by atoms with Crippen LogP contribution in [0.4, 0.5) is 0 Å². The summed E-state index contributed by atoms with van der Waals surface area (Å²) in [5.74, 6) is 0.651. The molecule has 0 aromatic heterocycles. The van der Waals surface area contributed by atoms with Gasteiger partial charge in [-0.3, -0.25) is 4.79 Å². The van der Waals surface area contributed by atoms with Crippen LogP contribution in [0, 0.1) is 0 Å². The average Bonchev–Trinajstić information content (AvgIpc) is 2.64. The molecule has 0 aliphatic carbocycles. The summed E-state index contributed by atoms with van der Waals surface area (Å²) < 4.78 is 5.89. The second-order valence-corrected chi connectivity index (χ2v) is 8.18. The van der Waals surface area contributed by atoms with E-state index in [1.807, 2.05) is 43.3 Å². The van der Waals surface area contributed by atoms with Crippen LogP contribution in [0.1, 0.15) is 51.7 Å². The standard InChI is InChI=1S/C23H30ClNO2/c1-5-21(27-19-14-12-18(13-15-19)23(2,3)4)22(26)25-16-8-10-17-9-6-7-11-20(17)24/h6-7,9,11-15,21H,5,8,10,16H2,1-4H3,(H,25,26)/t21-/m1/s1. The number of ether oxygens (including phenoxy) is 1. The molecule has 0 saturated heterocycles. The van der Waals surface area contributed by atoms with Gasteiger partial charge in [0.1, 0.15) is 5.75 Å². The summed E-state index contributed by atoms with van der Waals surface area (Å²) in [6, 6.07) is 15.8. The number of hydrogen-bond acceptors (Lipinski definition) is 2. The fourth-order valence-corrected chi connectivity index (χ4v) is 3.06. The van der Waals surface area contributed by atoms with Gasteiger partial charge in [0.25, 0.3) is 5.91 Å². The van der Waals surface area contributed by atoms with Crippen LogP contribution in [0.15, 0.2) is 48.5 Å². The van der Waals surface area contributed by atoms with Gasteiger partial charge in [-0.05, 0) is 54.0 Å². The maximum Gasteiger partial charge on any atom is 0.261 e. The van der Waals surface area contributed by atoms with Crippen molar-refractivity contribution >= 4 is 17.5 Å². The lowest BCUT2D eigenvalue weighted by molar-refractivity contribution is -0.128. The number of nitrogens with one attached hydrogen (secondary N) is 1. The summed E-state index contributed by atoms with van der Waals surface area (Å²) in [6.07, 6.45) is 1.82. The Morgan fingerprint density at radius 3 is 2.37 bits per heavy atom. The van der Waals surface area contributed by atoms with Gasteiger partial charge in [0.05, 0.1) is 0 Å². The number of hydrogen-bond donors (Lipinski definition) is 1. The highest BCUT2D eigenvalue weighted by molar-refractivity contribution is 6.31. The second-order valence-electron chi connectivity index (χ2n) is 7.78. The molecule has 2 aromatic rings. The van der Waals surface area contributed by atoms with Crippen LogP contribution in [0.25, 0.3) is 0 Å². The van der Waals surface area contributed by atoms with Crippen LogP contribution in [-0.2, 0) is 16.6 Å². The third kappa shape index (κ3) is 6.59. The molecule has 0 saturated carbocycles. The molecule has 0 aliphatic heterocycles. The minimum absolute atomic E-state index is 0.0726. The molecule has 27 heavy (non-hydrogen) atoms. The third-order valence-corrected chi connectivity index (χ3v) is 4.91. The first kappa shape index (κ1) is 21.3. The SMILES string of the molecule is CC[C@@H](Oc1ccc(C(C)(C)C)cc1)C(=O)NCCCc1ccccc1Cl. The monoisotopic (exact) mass is 387 g/mol. The van der Waals surface area contributed by atoms with Gasteiger partial charge in [-0.15, -0.1) is 0 Å².